The summed E-state index contributed by atoms with van der Waals surface area (Å²) in [6, 6.07) is 0. The van der Waals surface area contributed by atoms with Gasteiger partial charge in [0.25, 0.3) is 0 Å². The summed E-state index contributed by atoms with van der Waals surface area (Å²) in [6.45, 7) is 7.73. The molecule has 0 bridgehead atoms. The molecule has 2 aliphatic rings. The summed E-state index contributed by atoms with van der Waals surface area (Å²) in [7, 11) is 0. The van der Waals surface area contributed by atoms with E-state index < -0.39 is 0 Å². The number of likely N-dealkylation sites (N-methyl/N-ethyl adjacent to an activating group) is 1. The lowest BCUT2D eigenvalue weighted by Crippen LogP contribution is -2.51. The van der Waals surface area contributed by atoms with E-state index in [4.69, 9.17) is 0 Å². The molecule has 0 aromatic heterocycles. The summed E-state index contributed by atoms with van der Waals surface area (Å²) >= 11 is 0. The molecule has 0 aromatic carbocycles. The normalized spacial score (nSPS) is 22.3. The van der Waals surface area contributed by atoms with Gasteiger partial charge in [0, 0.05) is 39.1 Å². The highest BCUT2D eigenvalue weighted by Gasteiger charge is 2.26. The van der Waals surface area contributed by atoms with Crippen molar-refractivity contribution in [2.45, 2.75) is 19.8 Å². The van der Waals surface area contributed by atoms with Crippen LogP contribution in [0.25, 0.3) is 0 Å². The number of hydrogen-bond donors (Lipinski definition) is 0. The molecule has 0 spiro atoms. The Kier molecular flexibility index (Phi) is 3.99. The van der Waals surface area contributed by atoms with Crippen LogP contribution in [0.4, 0.5) is 0 Å². The summed E-state index contributed by atoms with van der Waals surface area (Å²) in [6.07, 6.45) is 1.51. The van der Waals surface area contributed by atoms with Gasteiger partial charge in [-0.1, -0.05) is 6.92 Å². The first-order valence-corrected chi connectivity index (χ1v) is 6.48. The van der Waals surface area contributed by atoms with Crippen LogP contribution < -0.4 is 0 Å². The van der Waals surface area contributed by atoms with Gasteiger partial charge < -0.3 is 14.7 Å². The van der Waals surface area contributed by atoms with Crippen molar-refractivity contribution in [2.24, 2.45) is 0 Å². The van der Waals surface area contributed by atoms with E-state index in [1.807, 2.05) is 4.90 Å². The van der Waals surface area contributed by atoms with Gasteiger partial charge in [-0.3, -0.25) is 9.59 Å². The van der Waals surface area contributed by atoms with Crippen LogP contribution in [0.1, 0.15) is 19.8 Å². The molecule has 2 rings (SSSR count). The second-order valence-electron chi connectivity index (χ2n) is 4.73. The molecule has 2 amide bonds. The first kappa shape index (κ1) is 12.4. The largest absolute Gasteiger partial charge is 0.339 e. The minimum atomic E-state index is 0.107. The minimum absolute atomic E-state index is 0.107. The highest BCUT2D eigenvalue weighted by molar-refractivity contribution is 5.85. The van der Waals surface area contributed by atoms with Gasteiger partial charge in [-0.25, -0.2) is 0 Å². The third kappa shape index (κ3) is 2.97. The molecule has 0 radical (unpaired) electrons. The predicted octanol–water partition coefficient (Wildman–Crippen LogP) is -0.227. The van der Waals surface area contributed by atoms with Gasteiger partial charge in [0.2, 0.25) is 11.8 Å². The van der Waals surface area contributed by atoms with Crippen LogP contribution in [-0.2, 0) is 9.59 Å². The number of rotatable bonds is 3. The molecular weight excluding hydrogens is 218 g/mol. The molecule has 0 aliphatic carbocycles. The van der Waals surface area contributed by atoms with E-state index in [-0.39, 0.29) is 18.4 Å². The smallest absolute Gasteiger partial charge is 0.242 e. The number of carbonyl (C=O) groups is 2. The van der Waals surface area contributed by atoms with E-state index in [0.717, 1.165) is 45.7 Å². The standard InChI is InChI=1S/C12H21N3O2/c1-2-13-6-8-14(9-7-13)12(17)10-15-5-3-4-11(15)16/h2-10H2,1H3. The summed E-state index contributed by atoms with van der Waals surface area (Å²) in [5, 5.41) is 0. The van der Waals surface area contributed by atoms with Crippen LogP contribution in [-0.4, -0.2) is 72.3 Å². The Hall–Kier alpha value is -1.10. The number of likely N-dealkylation sites (tertiary alicyclic amines) is 1. The fourth-order valence-electron chi connectivity index (χ4n) is 2.45. The summed E-state index contributed by atoms with van der Waals surface area (Å²) < 4.78 is 0. The van der Waals surface area contributed by atoms with Gasteiger partial charge in [-0.2, -0.15) is 0 Å². The van der Waals surface area contributed by atoms with Gasteiger partial charge in [0.15, 0.2) is 0 Å². The first-order valence-electron chi connectivity index (χ1n) is 6.48. The molecule has 2 heterocycles. The lowest BCUT2D eigenvalue weighted by atomic mass is 10.3. The number of carbonyl (C=O) groups excluding carboxylic acids is 2. The molecule has 2 fully saturated rings. The Balaban J connectivity index is 1.78. The van der Waals surface area contributed by atoms with Crippen LogP contribution in [0.3, 0.4) is 0 Å². The third-order valence-corrected chi connectivity index (χ3v) is 3.67. The van der Waals surface area contributed by atoms with Crippen LogP contribution in [0.2, 0.25) is 0 Å². The number of amides is 2. The maximum Gasteiger partial charge on any atom is 0.242 e. The lowest BCUT2D eigenvalue weighted by Gasteiger charge is -2.34. The summed E-state index contributed by atoms with van der Waals surface area (Å²) in [4.78, 5) is 29.4. The van der Waals surface area contributed by atoms with Crippen molar-refractivity contribution in [3.63, 3.8) is 0 Å². The van der Waals surface area contributed by atoms with Crippen molar-refractivity contribution in [1.29, 1.82) is 0 Å². The van der Waals surface area contributed by atoms with Gasteiger partial charge in [0.05, 0.1) is 6.54 Å². The third-order valence-electron chi connectivity index (χ3n) is 3.67. The molecule has 0 aromatic rings. The van der Waals surface area contributed by atoms with Gasteiger partial charge in [-0.15, -0.1) is 0 Å². The zero-order valence-electron chi connectivity index (χ0n) is 10.5. The number of hydrogen-bond acceptors (Lipinski definition) is 3. The minimum Gasteiger partial charge on any atom is -0.339 e. The molecule has 5 heteroatoms. The average Bonchev–Trinajstić information content (AvgIpc) is 2.75. The Labute approximate surface area is 102 Å². The van der Waals surface area contributed by atoms with E-state index in [1.54, 1.807) is 4.90 Å². The average molecular weight is 239 g/mol. The zero-order chi connectivity index (χ0) is 12.3. The fraction of sp³-hybridized carbons (Fsp3) is 0.833. The van der Waals surface area contributed by atoms with Gasteiger partial charge in [-0.05, 0) is 13.0 Å². The Morgan fingerprint density at radius 1 is 1.18 bits per heavy atom. The van der Waals surface area contributed by atoms with Crippen molar-refractivity contribution in [2.75, 3.05) is 45.8 Å². The predicted molar refractivity (Wildman–Crippen MR) is 64.5 cm³/mol. The SMILES string of the molecule is CCN1CCN(C(=O)CN2CCCC2=O)CC1. The first-order chi connectivity index (χ1) is 8.20. The Morgan fingerprint density at radius 2 is 1.88 bits per heavy atom. The van der Waals surface area contributed by atoms with Crippen molar-refractivity contribution < 1.29 is 9.59 Å². The second kappa shape index (κ2) is 5.49. The molecule has 5 nitrogen and oxygen atoms in total. The molecule has 17 heavy (non-hydrogen) atoms. The monoisotopic (exact) mass is 239 g/mol. The highest BCUT2D eigenvalue weighted by atomic mass is 16.2. The Morgan fingerprint density at radius 3 is 2.41 bits per heavy atom. The number of piperazine rings is 1. The second-order valence-corrected chi connectivity index (χ2v) is 4.73. The van der Waals surface area contributed by atoms with Gasteiger partial charge in [0.1, 0.15) is 0 Å². The maximum atomic E-state index is 12.0. The van der Waals surface area contributed by atoms with E-state index in [0.29, 0.717) is 6.42 Å². The van der Waals surface area contributed by atoms with E-state index in [9.17, 15) is 9.59 Å². The van der Waals surface area contributed by atoms with Crippen molar-refractivity contribution >= 4 is 11.8 Å². The summed E-state index contributed by atoms with van der Waals surface area (Å²) in [5.74, 6) is 0.238. The molecule has 96 valence electrons. The van der Waals surface area contributed by atoms with Gasteiger partial charge >= 0.3 is 0 Å². The number of nitrogens with zero attached hydrogens (tertiary/aromatic N) is 3. The molecule has 0 N–H and O–H groups in total. The highest BCUT2D eigenvalue weighted by Crippen LogP contribution is 2.10. The zero-order valence-corrected chi connectivity index (χ0v) is 10.5. The molecule has 2 aliphatic heterocycles. The van der Waals surface area contributed by atoms with Crippen LogP contribution in [0.15, 0.2) is 0 Å². The van der Waals surface area contributed by atoms with Crippen molar-refractivity contribution in [3.8, 4) is 0 Å². The van der Waals surface area contributed by atoms with Crippen LogP contribution >= 0.6 is 0 Å². The van der Waals surface area contributed by atoms with Crippen molar-refractivity contribution in [1.82, 2.24) is 14.7 Å². The lowest BCUT2D eigenvalue weighted by molar-refractivity contribution is -0.139. The van der Waals surface area contributed by atoms with Crippen LogP contribution in [0, 0.1) is 0 Å². The molecule has 0 atom stereocenters. The molecular formula is C12H21N3O2. The van der Waals surface area contributed by atoms with Crippen LogP contribution in [0.5, 0.6) is 0 Å². The van der Waals surface area contributed by atoms with E-state index in [1.165, 1.54) is 0 Å². The summed E-state index contributed by atoms with van der Waals surface area (Å²) in [5.41, 5.74) is 0. The topological polar surface area (TPSA) is 43.9 Å². The van der Waals surface area contributed by atoms with E-state index >= 15 is 0 Å². The molecule has 2 saturated heterocycles. The molecule has 0 saturated carbocycles. The fourth-order valence-corrected chi connectivity index (χ4v) is 2.45. The van der Waals surface area contributed by atoms with Crippen molar-refractivity contribution in [3.05, 3.63) is 0 Å². The Bertz CT molecular complexity index is 298. The molecule has 0 unspecified atom stereocenters. The van der Waals surface area contributed by atoms with E-state index in [2.05, 4.69) is 11.8 Å². The maximum absolute atomic E-state index is 12.0. The quantitative estimate of drug-likeness (QED) is 0.683.